The molecule has 0 saturated carbocycles. The molecule has 116 valence electrons. The molecule has 0 fully saturated rings. The minimum absolute atomic E-state index is 0.0588. The van der Waals surface area contributed by atoms with Crippen LogP contribution >= 0.6 is 0 Å². The first-order valence-electron chi connectivity index (χ1n) is 7.48. The Kier molecular flexibility index (Phi) is 7.94. The fraction of sp³-hybridized carbons (Fsp3) is 0.500. The quantitative estimate of drug-likeness (QED) is 0.609. The topological polar surface area (TPSA) is 84.2 Å². The molecule has 0 radical (unpaired) electrons. The van der Waals surface area contributed by atoms with Gasteiger partial charge in [-0.05, 0) is 24.8 Å². The smallest absolute Gasteiger partial charge is 0.312 e. The van der Waals surface area contributed by atoms with E-state index in [1.54, 1.807) is 0 Å². The molecule has 0 aliphatic rings. The summed E-state index contributed by atoms with van der Waals surface area (Å²) in [5.41, 5.74) is 6.21. The molecular weight excluding hydrogens is 266 g/mol. The normalized spacial score (nSPS) is 11.7. The standard InChI is InChI=1S/C16H25N3O2/c1-2-13(14-8-4-3-5-9-14)12-19-15(20)10-6-7-11-18-16(17)21/h3-5,8-9,13H,2,6-7,10-12H2,1H3,(H,19,20)(H3,17,18,21). The monoisotopic (exact) mass is 291 g/mol. The molecule has 1 rings (SSSR count). The molecular formula is C16H25N3O2. The van der Waals surface area contributed by atoms with Crippen LogP contribution in [0.25, 0.3) is 0 Å². The number of amides is 3. The summed E-state index contributed by atoms with van der Waals surface area (Å²) in [5.74, 6) is 0.412. The van der Waals surface area contributed by atoms with Crippen molar-refractivity contribution >= 4 is 11.9 Å². The molecule has 5 nitrogen and oxygen atoms in total. The maximum absolute atomic E-state index is 11.8. The van der Waals surface area contributed by atoms with Crippen molar-refractivity contribution in [2.75, 3.05) is 13.1 Å². The summed E-state index contributed by atoms with van der Waals surface area (Å²) in [6.45, 7) is 3.31. The van der Waals surface area contributed by atoms with Gasteiger partial charge in [-0.25, -0.2) is 4.79 Å². The van der Waals surface area contributed by atoms with Gasteiger partial charge in [0.2, 0.25) is 5.91 Å². The highest BCUT2D eigenvalue weighted by Crippen LogP contribution is 2.17. The van der Waals surface area contributed by atoms with Crippen LogP contribution in [0.1, 0.15) is 44.1 Å². The zero-order chi connectivity index (χ0) is 15.5. The summed E-state index contributed by atoms with van der Waals surface area (Å²) >= 11 is 0. The third-order valence-corrected chi connectivity index (χ3v) is 3.44. The van der Waals surface area contributed by atoms with Gasteiger partial charge in [-0.15, -0.1) is 0 Å². The number of carbonyl (C=O) groups is 2. The van der Waals surface area contributed by atoms with E-state index in [1.807, 2.05) is 18.2 Å². The van der Waals surface area contributed by atoms with Gasteiger partial charge in [0.1, 0.15) is 0 Å². The number of benzene rings is 1. The second kappa shape index (κ2) is 9.80. The molecule has 0 bridgehead atoms. The molecule has 1 aromatic rings. The molecule has 1 atom stereocenters. The van der Waals surface area contributed by atoms with Crippen molar-refractivity contribution in [3.8, 4) is 0 Å². The number of nitrogens with two attached hydrogens (primary N) is 1. The molecule has 0 aliphatic carbocycles. The Labute approximate surface area is 126 Å². The number of urea groups is 1. The minimum Gasteiger partial charge on any atom is -0.355 e. The Hall–Kier alpha value is -2.04. The highest BCUT2D eigenvalue weighted by Gasteiger charge is 2.10. The zero-order valence-corrected chi connectivity index (χ0v) is 12.6. The van der Waals surface area contributed by atoms with E-state index in [9.17, 15) is 9.59 Å². The average Bonchev–Trinajstić information content (AvgIpc) is 2.48. The first-order chi connectivity index (χ1) is 10.1. The lowest BCUT2D eigenvalue weighted by Gasteiger charge is -2.16. The van der Waals surface area contributed by atoms with Gasteiger partial charge in [-0.3, -0.25) is 4.79 Å². The average molecular weight is 291 g/mol. The Balaban J connectivity index is 2.21. The van der Waals surface area contributed by atoms with Gasteiger partial charge in [0.25, 0.3) is 0 Å². The number of hydrogen-bond donors (Lipinski definition) is 3. The molecule has 0 spiro atoms. The van der Waals surface area contributed by atoms with Gasteiger partial charge in [-0.1, -0.05) is 37.3 Å². The van der Waals surface area contributed by atoms with Crippen molar-refractivity contribution in [2.24, 2.45) is 5.73 Å². The van der Waals surface area contributed by atoms with Crippen LogP contribution in [-0.4, -0.2) is 25.0 Å². The third kappa shape index (κ3) is 7.34. The Morgan fingerprint density at radius 1 is 1.14 bits per heavy atom. The SMILES string of the molecule is CCC(CNC(=O)CCCCNC(N)=O)c1ccccc1. The molecule has 5 heteroatoms. The Morgan fingerprint density at radius 2 is 1.86 bits per heavy atom. The lowest BCUT2D eigenvalue weighted by molar-refractivity contribution is -0.121. The molecule has 0 aliphatic heterocycles. The van der Waals surface area contributed by atoms with Gasteiger partial charge in [0.15, 0.2) is 0 Å². The third-order valence-electron chi connectivity index (χ3n) is 3.44. The van der Waals surface area contributed by atoms with E-state index in [4.69, 9.17) is 5.73 Å². The van der Waals surface area contributed by atoms with Gasteiger partial charge in [0, 0.05) is 25.4 Å². The number of hydrogen-bond acceptors (Lipinski definition) is 2. The van der Waals surface area contributed by atoms with Crippen LogP contribution in [0.4, 0.5) is 4.79 Å². The first-order valence-corrected chi connectivity index (χ1v) is 7.48. The predicted octanol–water partition coefficient (Wildman–Crippen LogP) is 2.13. The van der Waals surface area contributed by atoms with Crippen LogP contribution in [0.15, 0.2) is 30.3 Å². The minimum atomic E-state index is -0.520. The maximum Gasteiger partial charge on any atom is 0.312 e. The lowest BCUT2D eigenvalue weighted by Crippen LogP contribution is -2.30. The Bertz CT molecular complexity index is 434. The van der Waals surface area contributed by atoms with E-state index in [0.29, 0.717) is 25.4 Å². The second-order valence-corrected chi connectivity index (χ2v) is 5.07. The van der Waals surface area contributed by atoms with Crippen molar-refractivity contribution in [3.63, 3.8) is 0 Å². The predicted molar refractivity (Wildman–Crippen MR) is 83.9 cm³/mol. The molecule has 0 saturated heterocycles. The summed E-state index contributed by atoms with van der Waals surface area (Å²) in [6, 6.07) is 9.70. The molecule has 3 amide bonds. The maximum atomic E-state index is 11.8. The van der Waals surface area contributed by atoms with Crippen LogP contribution in [0.3, 0.4) is 0 Å². The van der Waals surface area contributed by atoms with Crippen molar-refractivity contribution in [2.45, 2.75) is 38.5 Å². The van der Waals surface area contributed by atoms with E-state index in [0.717, 1.165) is 19.3 Å². The van der Waals surface area contributed by atoms with Crippen molar-refractivity contribution in [1.82, 2.24) is 10.6 Å². The zero-order valence-electron chi connectivity index (χ0n) is 12.6. The van der Waals surface area contributed by atoms with E-state index >= 15 is 0 Å². The van der Waals surface area contributed by atoms with Gasteiger partial charge in [-0.2, -0.15) is 0 Å². The highest BCUT2D eigenvalue weighted by atomic mass is 16.2. The van der Waals surface area contributed by atoms with Crippen molar-refractivity contribution in [3.05, 3.63) is 35.9 Å². The molecule has 1 unspecified atom stereocenters. The molecule has 21 heavy (non-hydrogen) atoms. The summed E-state index contributed by atoms with van der Waals surface area (Å²) in [5, 5.41) is 5.49. The summed E-state index contributed by atoms with van der Waals surface area (Å²) < 4.78 is 0. The summed E-state index contributed by atoms with van der Waals surface area (Å²) in [6.07, 6.45) is 2.97. The van der Waals surface area contributed by atoms with Gasteiger partial charge < -0.3 is 16.4 Å². The van der Waals surface area contributed by atoms with Gasteiger partial charge in [0.05, 0.1) is 0 Å². The molecule has 1 aromatic carbocycles. The summed E-state index contributed by atoms with van der Waals surface area (Å²) in [4.78, 5) is 22.2. The van der Waals surface area contributed by atoms with Gasteiger partial charge >= 0.3 is 6.03 Å². The number of carbonyl (C=O) groups excluding carboxylic acids is 2. The van der Waals surface area contributed by atoms with E-state index in [-0.39, 0.29) is 5.91 Å². The van der Waals surface area contributed by atoms with Crippen LogP contribution in [0, 0.1) is 0 Å². The van der Waals surface area contributed by atoms with Crippen LogP contribution in [0.2, 0.25) is 0 Å². The molecule has 0 heterocycles. The van der Waals surface area contributed by atoms with Crippen LogP contribution in [-0.2, 0) is 4.79 Å². The largest absolute Gasteiger partial charge is 0.355 e. The Morgan fingerprint density at radius 3 is 2.48 bits per heavy atom. The first kappa shape index (κ1) is 17.0. The highest BCUT2D eigenvalue weighted by molar-refractivity contribution is 5.75. The number of nitrogens with one attached hydrogen (secondary N) is 2. The molecule has 4 N–H and O–H groups in total. The van der Waals surface area contributed by atoms with E-state index in [2.05, 4.69) is 29.7 Å². The fourth-order valence-electron chi connectivity index (χ4n) is 2.17. The lowest BCUT2D eigenvalue weighted by atomic mass is 9.96. The van der Waals surface area contributed by atoms with E-state index < -0.39 is 6.03 Å². The summed E-state index contributed by atoms with van der Waals surface area (Å²) in [7, 11) is 0. The van der Waals surface area contributed by atoms with Crippen molar-refractivity contribution < 1.29 is 9.59 Å². The molecule has 0 aromatic heterocycles. The van der Waals surface area contributed by atoms with Crippen LogP contribution in [0.5, 0.6) is 0 Å². The second-order valence-electron chi connectivity index (χ2n) is 5.07. The van der Waals surface area contributed by atoms with E-state index in [1.165, 1.54) is 5.56 Å². The fourth-order valence-corrected chi connectivity index (χ4v) is 2.17. The number of unbranched alkanes of at least 4 members (excludes halogenated alkanes) is 1. The number of primary amides is 1. The van der Waals surface area contributed by atoms with Crippen LogP contribution < -0.4 is 16.4 Å². The number of rotatable bonds is 9. The van der Waals surface area contributed by atoms with Crippen molar-refractivity contribution in [1.29, 1.82) is 0 Å².